The Labute approximate surface area is 144 Å². The molecule has 0 aromatic heterocycles. The molecule has 0 amide bonds. The van der Waals surface area contributed by atoms with Crippen molar-refractivity contribution in [2.75, 3.05) is 5.32 Å². The number of anilines is 1. The second-order valence-electron chi connectivity index (χ2n) is 4.47. The molecule has 2 aromatic carbocycles. The van der Waals surface area contributed by atoms with Gasteiger partial charge in [0.15, 0.2) is 0 Å². The van der Waals surface area contributed by atoms with Gasteiger partial charge in [0.2, 0.25) is 0 Å². The van der Waals surface area contributed by atoms with Crippen LogP contribution in [0.5, 0.6) is 0 Å². The van der Waals surface area contributed by atoms with Gasteiger partial charge in [-0.3, -0.25) is 10.1 Å². The second kappa shape index (κ2) is 7.05. The standard InChI is InChI=1S/C14H9BrF2N2O4S/c15-9-1-4-11(5-2-9)24(22,23)14(19(20)21)8-18-13-6-3-10(16)7-12(13)17/h1-8,18H/b14-8+. The first-order valence-corrected chi connectivity index (χ1v) is 8.56. The first-order chi connectivity index (χ1) is 11.2. The first kappa shape index (κ1) is 18.0. The predicted molar refractivity (Wildman–Crippen MR) is 86.4 cm³/mol. The van der Waals surface area contributed by atoms with Crippen LogP contribution >= 0.6 is 15.9 Å². The Morgan fingerprint density at radius 2 is 1.79 bits per heavy atom. The van der Waals surface area contributed by atoms with Gasteiger partial charge in [0.25, 0.3) is 9.84 Å². The molecule has 0 saturated carbocycles. The Bertz CT molecular complexity index is 915. The number of nitro groups is 1. The summed E-state index contributed by atoms with van der Waals surface area (Å²) in [7, 11) is -4.43. The number of hydrogen-bond acceptors (Lipinski definition) is 5. The van der Waals surface area contributed by atoms with Gasteiger partial charge in [-0.05, 0) is 36.4 Å². The molecule has 0 unspecified atom stereocenters. The van der Waals surface area contributed by atoms with Crippen molar-refractivity contribution < 1.29 is 22.1 Å². The lowest BCUT2D eigenvalue weighted by Crippen LogP contribution is -2.14. The van der Waals surface area contributed by atoms with Crippen LogP contribution in [0.1, 0.15) is 0 Å². The quantitative estimate of drug-likeness (QED) is 0.590. The summed E-state index contributed by atoms with van der Waals surface area (Å²) in [5.41, 5.74) is -0.304. The summed E-state index contributed by atoms with van der Waals surface area (Å²) in [5.74, 6) is -1.85. The minimum Gasteiger partial charge on any atom is -0.353 e. The number of halogens is 3. The highest BCUT2D eigenvalue weighted by Crippen LogP contribution is 2.23. The van der Waals surface area contributed by atoms with Gasteiger partial charge in [0.05, 0.1) is 21.7 Å². The van der Waals surface area contributed by atoms with Gasteiger partial charge in [-0.15, -0.1) is 0 Å². The molecule has 0 aliphatic heterocycles. The highest BCUT2D eigenvalue weighted by molar-refractivity contribution is 9.10. The van der Waals surface area contributed by atoms with Crippen LogP contribution in [-0.4, -0.2) is 13.3 Å². The topological polar surface area (TPSA) is 89.3 Å². The molecule has 2 rings (SSSR count). The molecule has 0 aliphatic rings. The van der Waals surface area contributed by atoms with E-state index in [-0.39, 0.29) is 10.6 Å². The Morgan fingerprint density at radius 1 is 1.17 bits per heavy atom. The number of sulfone groups is 1. The van der Waals surface area contributed by atoms with E-state index in [0.29, 0.717) is 16.7 Å². The van der Waals surface area contributed by atoms with Gasteiger partial charge in [-0.1, -0.05) is 15.9 Å². The van der Waals surface area contributed by atoms with E-state index in [9.17, 15) is 27.3 Å². The van der Waals surface area contributed by atoms with Gasteiger partial charge in [0.1, 0.15) is 11.6 Å². The van der Waals surface area contributed by atoms with Gasteiger partial charge >= 0.3 is 5.03 Å². The SMILES string of the molecule is O=[N+]([O-])/C(=C\Nc1ccc(F)cc1F)S(=O)(=O)c1ccc(Br)cc1. The third-order valence-electron chi connectivity index (χ3n) is 2.86. The van der Waals surface area contributed by atoms with Crippen molar-refractivity contribution in [2.45, 2.75) is 4.90 Å². The summed E-state index contributed by atoms with van der Waals surface area (Å²) in [5, 5.41) is 12.1. The Hall–Kier alpha value is -2.33. The first-order valence-electron chi connectivity index (χ1n) is 6.28. The zero-order valence-corrected chi connectivity index (χ0v) is 14.1. The summed E-state index contributed by atoms with van der Waals surface area (Å²) in [4.78, 5) is 9.70. The van der Waals surface area contributed by atoms with E-state index < -0.39 is 31.4 Å². The van der Waals surface area contributed by atoms with Crippen LogP contribution in [0.2, 0.25) is 0 Å². The molecule has 0 bridgehead atoms. The van der Waals surface area contributed by atoms with Crippen molar-refractivity contribution in [2.24, 2.45) is 0 Å². The maximum absolute atomic E-state index is 13.5. The fourth-order valence-electron chi connectivity index (χ4n) is 1.71. The smallest absolute Gasteiger partial charge is 0.353 e. The number of nitrogens with zero attached hydrogens (tertiary/aromatic N) is 1. The van der Waals surface area contributed by atoms with Gasteiger partial charge < -0.3 is 5.32 Å². The van der Waals surface area contributed by atoms with Crippen molar-refractivity contribution >= 4 is 31.5 Å². The van der Waals surface area contributed by atoms with E-state index >= 15 is 0 Å². The van der Waals surface area contributed by atoms with Crippen LogP contribution < -0.4 is 5.32 Å². The average molecular weight is 419 g/mol. The monoisotopic (exact) mass is 418 g/mol. The molecule has 0 fully saturated rings. The van der Waals surface area contributed by atoms with Gasteiger partial charge in [-0.2, -0.15) is 0 Å². The molecule has 6 nitrogen and oxygen atoms in total. The normalized spacial score (nSPS) is 12.0. The third-order valence-corrected chi connectivity index (χ3v) is 5.10. The summed E-state index contributed by atoms with van der Waals surface area (Å²) < 4.78 is 51.6. The summed E-state index contributed by atoms with van der Waals surface area (Å²) in [6.45, 7) is 0. The van der Waals surface area contributed by atoms with Gasteiger partial charge in [0, 0.05) is 10.5 Å². The Morgan fingerprint density at radius 3 is 2.33 bits per heavy atom. The molecule has 2 aromatic rings. The number of hydrogen-bond donors (Lipinski definition) is 1. The number of rotatable bonds is 5. The molecule has 126 valence electrons. The van der Waals surface area contributed by atoms with E-state index in [0.717, 1.165) is 12.1 Å². The molecule has 0 radical (unpaired) electrons. The average Bonchev–Trinajstić information content (AvgIpc) is 2.49. The maximum atomic E-state index is 13.5. The summed E-state index contributed by atoms with van der Waals surface area (Å²) >= 11 is 3.13. The van der Waals surface area contributed by atoms with Gasteiger partial charge in [-0.25, -0.2) is 17.2 Å². The van der Waals surface area contributed by atoms with Crippen LogP contribution in [0.25, 0.3) is 0 Å². The number of nitrogens with one attached hydrogen (secondary N) is 1. The molecule has 0 heterocycles. The second-order valence-corrected chi connectivity index (χ2v) is 7.28. The van der Waals surface area contributed by atoms with Crippen LogP contribution in [0.4, 0.5) is 14.5 Å². The Kier molecular flexibility index (Phi) is 5.30. The highest BCUT2D eigenvalue weighted by atomic mass is 79.9. The van der Waals surface area contributed by atoms with Crippen molar-refractivity contribution in [1.29, 1.82) is 0 Å². The van der Waals surface area contributed by atoms with E-state index in [1.165, 1.54) is 24.3 Å². The van der Waals surface area contributed by atoms with Crippen molar-refractivity contribution in [3.05, 3.63) is 79.9 Å². The summed E-state index contributed by atoms with van der Waals surface area (Å²) in [6.07, 6.45) is 0.549. The highest BCUT2D eigenvalue weighted by Gasteiger charge is 2.31. The van der Waals surface area contributed by atoms with E-state index in [1.54, 1.807) is 0 Å². The predicted octanol–water partition coefficient (Wildman–Crippen LogP) is 3.69. The lowest BCUT2D eigenvalue weighted by atomic mass is 10.3. The van der Waals surface area contributed by atoms with Crippen LogP contribution in [0, 0.1) is 21.7 Å². The van der Waals surface area contributed by atoms with Crippen LogP contribution in [-0.2, 0) is 9.84 Å². The van der Waals surface area contributed by atoms with E-state index in [4.69, 9.17) is 0 Å². The van der Waals surface area contributed by atoms with E-state index in [2.05, 4.69) is 21.2 Å². The fourth-order valence-corrected chi connectivity index (χ4v) is 3.12. The molecule has 10 heteroatoms. The minimum atomic E-state index is -4.43. The van der Waals surface area contributed by atoms with Crippen LogP contribution in [0.15, 0.2) is 63.1 Å². The zero-order valence-electron chi connectivity index (χ0n) is 11.7. The molecular weight excluding hydrogens is 410 g/mol. The third kappa shape index (κ3) is 3.95. The Balaban J connectivity index is 2.41. The maximum Gasteiger partial charge on any atom is 0.379 e. The molecule has 0 aliphatic carbocycles. The molecular formula is C14H9BrF2N2O4S. The molecule has 0 saturated heterocycles. The zero-order chi connectivity index (χ0) is 17.9. The number of benzene rings is 2. The van der Waals surface area contributed by atoms with Crippen molar-refractivity contribution in [1.82, 2.24) is 0 Å². The summed E-state index contributed by atoms with van der Waals surface area (Å²) in [6, 6.07) is 7.68. The lowest BCUT2D eigenvalue weighted by molar-refractivity contribution is -0.411. The molecule has 1 N–H and O–H groups in total. The molecule has 0 atom stereocenters. The van der Waals surface area contributed by atoms with Crippen molar-refractivity contribution in [3.8, 4) is 0 Å². The lowest BCUT2D eigenvalue weighted by Gasteiger charge is -2.05. The molecule has 0 spiro atoms. The largest absolute Gasteiger partial charge is 0.379 e. The minimum absolute atomic E-state index is 0.296. The van der Waals surface area contributed by atoms with Crippen LogP contribution in [0.3, 0.4) is 0 Å². The van der Waals surface area contributed by atoms with Crippen molar-refractivity contribution in [3.63, 3.8) is 0 Å². The van der Waals surface area contributed by atoms with E-state index in [1.807, 2.05) is 0 Å². The fraction of sp³-hybridized carbons (Fsp3) is 0. The molecule has 24 heavy (non-hydrogen) atoms.